The molecule has 0 fully saturated rings. The van der Waals surface area contributed by atoms with Crippen molar-refractivity contribution in [3.05, 3.63) is 29.8 Å². The van der Waals surface area contributed by atoms with E-state index < -0.39 is 0 Å². The molecule has 1 heterocycles. The number of hydrogen-bond donors (Lipinski definition) is 2. The summed E-state index contributed by atoms with van der Waals surface area (Å²) in [5.41, 5.74) is 6.81. The van der Waals surface area contributed by atoms with Crippen LogP contribution in [0.2, 0.25) is 0 Å². The molecule has 0 saturated heterocycles. The molecular weight excluding hydrogens is 226 g/mol. The first-order chi connectivity index (χ1) is 8.52. The van der Waals surface area contributed by atoms with E-state index in [0.29, 0.717) is 12.5 Å². The summed E-state index contributed by atoms with van der Waals surface area (Å²) in [5.74, 6) is 1.42. The first-order valence-electron chi connectivity index (χ1n) is 6.36. The van der Waals surface area contributed by atoms with Gasteiger partial charge in [-0.25, -0.2) is 0 Å². The number of aliphatic imine (C=N–C) groups is 1. The van der Waals surface area contributed by atoms with Crippen LogP contribution in [0.1, 0.15) is 38.8 Å². The number of rotatable bonds is 2. The van der Waals surface area contributed by atoms with E-state index in [9.17, 15) is 0 Å². The zero-order chi connectivity index (χ0) is 13.2. The van der Waals surface area contributed by atoms with Crippen molar-refractivity contribution in [1.29, 1.82) is 0 Å². The average Bonchev–Trinajstić information content (AvgIpc) is 2.27. The second-order valence-electron chi connectivity index (χ2n) is 5.16. The zero-order valence-electron chi connectivity index (χ0n) is 11.2. The van der Waals surface area contributed by atoms with Crippen molar-refractivity contribution in [2.75, 3.05) is 6.54 Å². The minimum atomic E-state index is -0.196. The highest BCUT2D eigenvalue weighted by atomic mass is 16.5. The molecule has 1 aliphatic heterocycles. The summed E-state index contributed by atoms with van der Waals surface area (Å²) in [7, 11) is 0. The van der Waals surface area contributed by atoms with Gasteiger partial charge in [-0.1, -0.05) is 18.2 Å². The highest BCUT2D eigenvalue weighted by Crippen LogP contribution is 2.38. The Balaban J connectivity index is 2.27. The molecular formula is C14H21N3O. The number of nitrogens with zero attached hydrogens (tertiary/aromatic N) is 1. The summed E-state index contributed by atoms with van der Waals surface area (Å²) in [6, 6.07) is 8.23. The number of nitrogens with two attached hydrogens (primary N) is 1. The van der Waals surface area contributed by atoms with Crippen molar-refractivity contribution < 1.29 is 4.74 Å². The normalized spacial score (nSPS) is 21.9. The lowest BCUT2D eigenvalue weighted by atomic mass is 9.90. The van der Waals surface area contributed by atoms with Gasteiger partial charge in [0.25, 0.3) is 0 Å². The lowest BCUT2D eigenvalue weighted by Crippen LogP contribution is -2.43. The number of benzene rings is 1. The molecule has 98 valence electrons. The summed E-state index contributed by atoms with van der Waals surface area (Å²) in [4.78, 5) is 4.18. The van der Waals surface area contributed by atoms with Gasteiger partial charge >= 0.3 is 0 Å². The summed E-state index contributed by atoms with van der Waals surface area (Å²) in [5, 5.41) is 3.28. The Morgan fingerprint density at radius 3 is 2.94 bits per heavy atom. The summed E-state index contributed by atoms with van der Waals surface area (Å²) in [6.07, 6.45) is 0.865. The monoisotopic (exact) mass is 247 g/mol. The van der Waals surface area contributed by atoms with Gasteiger partial charge in [-0.2, -0.15) is 0 Å². The predicted molar refractivity (Wildman–Crippen MR) is 73.8 cm³/mol. The maximum absolute atomic E-state index is 5.97. The van der Waals surface area contributed by atoms with E-state index in [-0.39, 0.29) is 11.6 Å². The molecule has 0 saturated carbocycles. The summed E-state index contributed by atoms with van der Waals surface area (Å²) >= 11 is 0. The molecule has 4 nitrogen and oxygen atoms in total. The van der Waals surface area contributed by atoms with Gasteiger partial charge in [0.15, 0.2) is 5.96 Å². The van der Waals surface area contributed by atoms with Crippen molar-refractivity contribution in [3.8, 4) is 5.75 Å². The van der Waals surface area contributed by atoms with Gasteiger partial charge in [-0.15, -0.1) is 0 Å². The predicted octanol–water partition coefficient (Wildman–Crippen LogP) is 2.21. The van der Waals surface area contributed by atoms with Crippen LogP contribution in [0.4, 0.5) is 0 Å². The molecule has 1 aromatic carbocycles. The van der Waals surface area contributed by atoms with Crippen molar-refractivity contribution >= 4 is 5.96 Å². The van der Waals surface area contributed by atoms with Crippen molar-refractivity contribution in [2.45, 2.75) is 38.8 Å². The van der Waals surface area contributed by atoms with E-state index in [1.54, 1.807) is 0 Å². The molecule has 1 unspecified atom stereocenters. The Morgan fingerprint density at radius 1 is 1.50 bits per heavy atom. The smallest absolute Gasteiger partial charge is 0.189 e. The molecule has 18 heavy (non-hydrogen) atoms. The molecule has 0 spiro atoms. The number of fused-ring (bicyclic) bond motifs is 1. The van der Waals surface area contributed by atoms with Crippen molar-refractivity contribution in [3.63, 3.8) is 0 Å². The highest BCUT2D eigenvalue weighted by molar-refractivity contribution is 5.78. The average molecular weight is 247 g/mol. The van der Waals surface area contributed by atoms with Gasteiger partial charge in [-0.3, -0.25) is 4.99 Å². The third-order valence-corrected chi connectivity index (χ3v) is 3.03. The quantitative estimate of drug-likeness (QED) is 0.622. The van der Waals surface area contributed by atoms with Crippen LogP contribution in [0, 0.1) is 0 Å². The number of nitrogens with one attached hydrogen (secondary N) is 1. The molecule has 1 aromatic rings. The Morgan fingerprint density at radius 2 is 2.22 bits per heavy atom. The van der Waals surface area contributed by atoms with E-state index in [4.69, 9.17) is 10.5 Å². The van der Waals surface area contributed by atoms with Crippen LogP contribution in [0.15, 0.2) is 29.3 Å². The largest absolute Gasteiger partial charge is 0.487 e. The van der Waals surface area contributed by atoms with Gasteiger partial charge in [0.05, 0.1) is 6.04 Å². The summed E-state index contributed by atoms with van der Waals surface area (Å²) < 4.78 is 5.97. The maximum atomic E-state index is 5.97. The Kier molecular flexibility index (Phi) is 3.45. The highest BCUT2D eigenvalue weighted by Gasteiger charge is 2.33. The van der Waals surface area contributed by atoms with Gasteiger partial charge in [0, 0.05) is 18.5 Å². The van der Waals surface area contributed by atoms with Crippen LogP contribution in [0.5, 0.6) is 5.75 Å². The van der Waals surface area contributed by atoms with E-state index in [2.05, 4.69) is 30.2 Å². The third-order valence-electron chi connectivity index (χ3n) is 3.03. The van der Waals surface area contributed by atoms with Crippen LogP contribution in [-0.2, 0) is 0 Å². The fourth-order valence-corrected chi connectivity index (χ4v) is 2.33. The molecule has 1 aliphatic rings. The van der Waals surface area contributed by atoms with Gasteiger partial charge in [-0.05, 0) is 26.8 Å². The van der Waals surface area contributed by atoms with Gasteiger partial charge in [0.1, 0.15) is 11.4 Å². The van der Waals surface area contributed by atoms with Gasteiger partial charge in [0.2, 0.25) is 0 Å². The Labute approximate surface area is 108 Å². The zero-order valence-corrected chi connectivity index (χ0v) is 11.2. The third kappa shape index (κ3) is 2.75. The van der Waals surface area contributed by atoms with Crippen LogP contribution in [0.3, 0.4) is 0 Å². The van der Waals surface area contributed by atoms with E-state index in [0.717, 1.165) is 17.7 Å². The van der Waals surface area contributed by atoms with E-state index in [1.165, 1.54) is 0 Å². The molecule has 0 bridgehead atoms. The maximum Gasteiger partial charge on any atom is 0.189 e. The first kappa shape index (κ1) is 12.7. The molecule has 1 atom stereocenters. The molecule has 4 heteroatoms. The van der Waals surface area contributed by atoms with Crippen LogP contribution in [0.25, 0.3) is 0 Å². The van der Waals surface area contributed by atoms with Crippen molar-refractivity contribution in [2.24, 2.45) is 10.7 Å². The van der Waals surface area contributed by atoms with Gasteiger partial charge < -0.3 is 15.8 Å². The standard InChI is InChI=1S/C14H21N3O/c1-4-16-13(15)17-11-9-14(2,3)18-12-8-6-5-7-10(11)12/h5-8,11H,4,9H2,1-3H3,(H3,15,16,17). The second-order valence-corrected chi connectivity index (χ2v) is 5.16. The topological polar surface area (TPSA) is 59.6 Å². The lowest BCUT2D eigenvalue weighted by Gasteiger charge is -2.38. The Bertz CT molecular complexity index is 454. The molecule has 0 aliphatic carbocycles. The number of ether oxygens (including phenoxy) is 1. The first-order valence-corrected chi connectivity index (χ1v) is 6.36. The van der Waals surface area contributed by atoms with Crippen LogP contribution >= 0.6 is 0 Å². The molecule has 3 N–H and O–H groups in total. The molecule has 0 aromatic heterocycles. The minimum absolute atomic E-state index is 0.153. The summed E-state index contributed by atoms with van der Waals surface area (Å²) in [6.45, 7) is 6.83. The SMILES string of the molecule is CCN=C(N)NC1CC(C)(C)Oc2ccccc21. The van der Waals surface area contributed by atoms with E-state index in [1.807, 2.05) is 25.1 Å². The van der Waals surface area contributed by atoms with E-state index >= 15 is 0 Å². The Hall–Kier alpha value is -1.71. The van der Waals surface area contributed by atoms with Crippen LogP contribution < -0.4 is 15.8 Å². The number of guanidine groups is 1. The minimum Gasteiger partial charge on any atom is -0.487 e. The number of hydrogen-bond acceptors (Lipinski definition) is 2. The molecule has 0 radical (unpaired) electrons. The number of para-hydroxylation sites is 1. The van der Waals surface area contributed by atoms with Crippen LogP contribution in [-0.4, -0.2) is 18.1 Å². The van der Waals surface area contributed by atoms with Crippen molar-refractivity contribution in [1.82, 2.24) is 5.32 Å². The molecule has 0 amide bonds. The molecule has 2 rings (SSSR count). The second kappa shape index (κ2) is 4.88. The fourth-order valence-electron chi connectivity index (χ4n) is 2.33. The fraction of sp³-hybridized carbons (Fsp3) is 0.500. The lowest BCUT2D eigenvalue weighted by molar-refractivity contribution is 0.0695.